The highest BCUT2D eigenvalue weighted by atomic mass is 16.5. The maximum Gasteiger partial charge on any atom is 0.186 e. The fourth-order valence-electron chi connectivity index (χ4n) is 0.812. The van der Waals surface area contributed by atoms with Gasteiger partial charge < -0.3 is 4.74 Å². The number of rotatable bonds is 3. The average molecular weight is 171 g/mol. The molecule has 0 amide bonds. The second kappa shape index (κ2) is 5.18. The highest BCUT2D eigenvalue weighted by molar-refractivity contribution is 5.78. The van der Waals surface area contributed by atoms with E-state index in [0.29, 0.717) is 12.0 Å². The maximum atomic E-state index is 5.57. The minimum absolute atomic E-state index is 0.227. The van der Waals surface area contributed by atoms with Crippen molar-refractivity contribution in [1.29, 1.82) is 0 Å². The van der Waals surface area contributed by atoms with Crippen molar-refractivity contribution in [1.82, 2.24) is 0 Å². The topological polar surface area (TPSA) is 21.6 Å². The SMILES string of the molecule is CC(C)N=C(OC(C)C)C(C)C. The molecule has 0 aromatic carbocycles. The molecule has 2 nitrogen and oxygen atoms in total. The van der Waals surface area contributed by atoms with E-state index in [1.807, 2.05) is 13.8 Å². The molecule has 0 saturated carbocycles. The van der Waals surface area contributed by atoms with Crippen LogP contribution in [0.4, 0.5) is 0 Å². The molecule has 0 N–H and O–H groups in total. The van der Waals surface area contributed by atoms with Gasteiger partial charge in [0, 0.05) is 12.0 Å². The summed E-state index contributed by atoms with van der Waals surface area (Å²) < 4.78 is 5.57. The minimum atomic E-state index is 0.227. The van der Waals surface area contributed by atoms with E-state index >= 15 is 0 Å². The zero-order valence-corrected chi connectivity index (χ0v) is 9.09. The van der Waals surface area contributed by atoms with Crippen LogP contribution in [0.15, 0.2) is 4.99 Å². The van der Waals surface area contributed by atoms with Crippen molar-refractivity contribution in [3.05, 3.63) is 0 Å². The quantitative estimate of drug-likeness (QED) is 0.472. The van der Waals surface area contributed by atoms with Gasteiger partial charge in [0.25, 0.3) is 0 Å². The van der Waals surface area contributed by atoms with E-state index in [1.165, 1.54) is 0 Å². The third-order valence-corrected chi connectivity index (χ3v) is 1.24. The minimum Gasteiger partial charge on any atom is -0.478 e. The van der Waals surface area contributed by atoms with Gasteiger partial charge in [-0.05, 0) is 27.7 Å². The number of ether oxygens (including phenoxy) is 1. The number of aliphatic imine (C=N–C) groups is 1. The summed E-state index contributed by atoms with van der Waals surface area (Å²) in [6.07, 6.45) is 0.227. The predicted molar refractivity (Wildman–Crippen MR) is 53.6 cm³/mol. The Balaban J connectivity index is 4.23. The van der Waals surface area contributed by atoms with Crippen LogP contribution in [0.3, 0.4) is 0 Å². The standard InChI is InChI=1S/C10H21NO/c1-7(2)10(11-8(3)4)12-9(5)6/h7-9H,1-6H3. The van der Waals surface area contributed by atoms with Crippen LogP contribution in [0.5, 0.6) is 0 Å². The van der Waals surface area contributed by atoms with Crippen LogP contribution in [0, 0.1) is 5.92 Å². The molecule has 0 saturated heterocycles. The molecule has 0 atom stereocenters. The average Bonchev–Trinajstić information content (AvgIpc) is 1.83. The molecule has 0 unspecified atom stereocenters. The molecule has 0 bridgehead atoms. The summed E-state index contributed by atoms with van der Waals surface area (Å²) >= 11 is 0. The first kappa shape index (κ1) is 11.5. The zero-order valence-electron chi connectivity index (χ0n) is 9.09. The van der Waals surface area contributed by atoms with Gasteiger partial charge in [0.05, 0.1) is 6.10 Å². The Hall–Kier alpha value is -0.530. The van der Waals surface area contributed by atoms with E-state index in [1.54, 1.807) is 0 Å². The van der Waals surface area contributed by atoms with E-state index in [0.717, 1.165) is 5.90 Å². The molecule has 0 aliphatic heterocycles. The third-order valence-electron chi connectivity index (χ3n) is 1.24. The van der Waals surface area contributed by atoms with Crippen LogP contribution in [-0.4, -0.2) is 18.0 Å². The van der Waals surface area contributed by atoms with Crippen molar-refractivity contribution in [3.63, 3.8) is 0 Å². The molecule has 0 aromatic rings. The summed E-state index contributed by atoms with van der Waals surface area (Å²) in [5.41, 5.74) is 0. The Bertz CT molecular complexity index is 148. The summed E-state index contributed by atoms with van der Waals surface area (Å²) in [5.74, 6) is 1.26. The van der Waals surface area contributed by atoms with Crippen LogP contribution < -0.4 is 0 Å². The van der Waals surface area contributed by atoms with E-state index in [-0.39, 0.29) is 6.10 Å². The Morgan fingerprint density at radius 3 is 1.75 bits per heavy atom. The van der Waals surface area contributed by atoms with E-state index in [2.05, 4.69) is 32.7 Å². The van der Waals surface area contributed by atoms with Crippen LogP contribution in [0.1, 0.15) is 41.5 Å². The summed E-state index contributed by atoms with van der Waals surface area (Å²) in [6.45, 7) is 12.4. The van der Waals surface area contributed by atoms with Gasteiger partial charge in [0.2, 0.25) is 0 Å². The van der Waals surface area contributed by atoms with E-state index < -0.39 is 0 Å². The summed E-state index contributed by atoms with van der Waals surface area (Å²) in [6, 6.07) is 0.321. The molecule has 0 fully saturated rings. The maximum absolute atomic E-state index is 5.57. The Morgan fingerprint density at radius 2 is 1.50 bits per heavy atom. The van der Waals surface area contributed by atoms with Crippen molar-refractivity contribution in [2.24, 2.45) is 10.9 Å². The van der Waals surface area contributed by atoms with E-state index in [4.69, 9.17) is 4.74 Å². The first-order valence-electron chi connectivity index (χ1n) is 4.67. The molecule has 0 heterocycles. The van der Waals surface area contributed by atoms with Crippen LogP contribution >= 0.6 is 0 Å². The van der Waals surface area contributed by atoms with Crippen molar-refractivity contribution in [2.45, 2.75) is 53.7 Å². The second-order valence-electron chi connectivity index (χ2n) is 3.88. The summed E-state index contributed by atoms with van der Waals surface area (Å²) in [7, 11) is 0. The summed E-state index contributed by atoms with van der Waals surface area (Å²) in [5, 5.41) is 0. The van der Waals surface area contributed by atoms with Crippen LogP contribution in [0.25, 0.3) is 0 Å². The molecule has 0 aliphatic carbocycles. The van der Waals surface area contributed by atoms with Gasteiger partial charge in [-0.15, -0.1) is 0 Å². The smallest absolute Gasteiger partial charge is 0.186 e. The lowest BCUT2D eigenvalue weighted by Gasteiger charge is -2.16. The lowest BCUT2D eigenvalue weighted by molar-refractivity contribution is 0.212. The van der Waals surface area contributed by atoms with Gasteiger partial charge in [-0.1, -0.05) is 13.8 Å². The van der Waals surface area contributed by atoms with Crippen LogP contribution in [-0.2, 0) is 4.74 Å². The Labute approximate surface area is 76.0 Å². The van der Waals surface area contributed by atoms with Gasteiger partial charge in [-0.25, -0.2) is 0 Å². The summed E-state index contributed by atoms with van der Waals surface area (Å²) in [4.78, 5) is 4.41. The zero-order chi connectivity index (χ0) is 9.72. The molecule has 0 spiro atoms. The molecule has 0 aromatic heterocycles. The van der Waals surface area contributed by atoms with Gasteiger partial charge in [0.15, 0.2) is 5.90 Å². The molecular formula is C10H21NO. The first-order chi connectivity index (χ1) is 5.43. The van der Waals surface area contributed by atoms with Gasteiger partial charge in [0.1, 0.15) is 0 Å². The molecule has 0 rings (SSSR count). The molecule has 12 heavy (non-hydrogen) atoms. The fourth-order valence-corrected chi connectivity index (χ4v) is 0.812. The van der Waals surface area contributed by atoms with Crippen molar-refractivity contribution >= 4 is 5.90 Å². The van der Waals surface area contributed by atoms with Crippen molar-refractivity contribution in [2.75, 3.05) is 0 Å². The molecular weight excluding hydrogens is 150 g/mol. The first-order valence-corrected chi connectivity index (χ1v) is 4.67. The second-order valence-corrected chi connectivity index (χ2v) is 3.88. The fraction of sp³-hybridized carbons (Fsp3) is 0.900. The molecule has 72 valence electrons. The lowest BCUT2D eigenvalue weighted by Crippen LogP contribution is -2.18. The monoisotopic (exact) mass is 171 g/mol. The van der Waals surface area contributed by atoms with Gasteiger partial charge in [-0.2, -0.15) is 0 Å². The Morgan fingerprint density at radius 1 is 1.00 bits per heavy atom. The number of nitrogens with zero attached hydrogens (tertiary/aromatic N) is 1. The largest absolute Gasteiger partial charge is 0.478 e. The normalized spacial score (nSPS) is 13.2. The molecule has 2 heteroatoms. The highest BCUT2D eigenvalue weighted by Crippen LogP contribution is 2.04. The van der Waals surface area contributed by atoms with Crippen molar-refractivity contribution in [3.8, 4) is 0 Å². The highest BCUT2D eigenvalue weighted by Gasteiger charge is 2.08. The number of hydrogen-bond donors (Lipinski definition) is 0. The molecule has 0 aliphatic rings. The third kappa shape index (κ3) is 5.16. The van der Waals surface area contributed by atoms with Crippen LogP contribution in [0.2, 0.25) is 0 Å². The van der Waals surface area contributed by atoms with Crippen molar-refractivity contribution < 1.29 is 4.74 Å². The Kier molecular flexibility index (Phi) is 4.95. The van der Waals surface area contributed by atoms with Gasteiger partial charge in [-0.3, -0.25) is 4.99 Å². The predicted octanol–water partition coefficient (Wildman–Crippen LogP) is 2.87. The van der Waals surface area contributed by atoms with Gasteiger partial charge >= 0.3 is 0 Å². The molecule has 0 radical (unpaired) electrons. The number of hydrogen-bond acceptors (Lipinski definition) is 2. The lowest BCUT2D eigenvalue weighted by atomic mass is 10.2. The van der Waals surface area contributed by atoms with E-state index in [9.17, 15) is 0 Å².